The van der Waals surface area contributed by atoms with E-state index in [2.05, 4.69) is 0 Å². The van der Waals surface area contributed by atoms with Gasteiger partial charge in [-0.3, -0.25) is 0 Å². The molecule has 1 aromatic carbocycles. The number of hydrogen-bond donors (Lipinski definition) is 2. The van der Waals surface area contributed by atoms with Crippen molar-refractivity contribution in [3.05, 3.63) is 24.3 Å². The van der Waals surface area contributed by atoms with Crippen LogP contribution in [0.1, 0.15) is 0 Å². The average Bonchev–Trinajstić information content (AvgIpc) is 1.77. The van der Waals surface area contributed by atoms with E-state index in [1.165, 1.54) is 12.1 Å². The summed E-state index contributed by atoms with van der Waals surface area (Å²) in [6, 6.07) is 6.15. The van der Waals surface area contributed by atoms with E-state index in [0.29, 0.717) is 0 Å². The Bertz CT molecular complexity index is 167. The van der Waals surface area contributed by atoms with Gasteiger partial charge < -0.3 is 10.2 Å². The Morgan fingerprint density at radius 3 is 1.44 bits per heavy atom. The van der Waals surface area contributed by atoms with Crippen molar-refractivity contribution < 1.29 is 37.9 Å². The number of phenols is 2. The second-order valence-electron chi connectivity index (χ2n) is 1.49. The fourth-order valence-corrected chi connectivity index (χ4v) is 0.464. The van der Waals surface area contributed by atoms with E-state index in [9.17, 15) is 0 Å². The number of aromatic hydroxyl groups is 2. The maximum Gasteiger partial charge on any atom is 0.157 e. The van der Waals surface area contributed by atoms with Gasteiger partial charge in [-0.05, 0) is 12.1 Å². The van der Waals surface area contributed by atoms with Crippen molar-refractivity contribution in [2.24, 2.45) is 0 Å². The SMILES string of the molecule is Oc1ccccc1O.[Hg]. The molecule has 2 N–H and O–H groups in total. The molecular weight excluding hydrogens is 305 g/mol. The molecule has 0 unspecified atom stereocenters. The van der Waals surface area contributed by atoms with Gasteiger partial charge in [0.05, 0.1) is 0 Å². The minimum Gasteiger partial charge on any atom is -0.504 e. The van der Waals surface area contributed by atoms with Crippen molar-refractivity contribution >= 4 is 0 Å². The van der Waals surface area contributed by atoms with Crippen LogP contribution in [0, 0.1) is 0 Å². The van der Waals surface area contributed by atoms with Gasteiger partial charge in [0.25, 0.3) is 0 Å². The first-order valence-electron chi connectivity index (χ1n) is 2.27. The molecule has 0 amide bonds. The van der Waals surface area contributed by atoms with Crippen LogP contribution in [-0.4, -0.2) is 10.2 Å². The van der Waals surface area contributed by atoms with Crippen LogP contribution in [0.15, 0.2) is 24.3 Å². The largest absolute Gasteiger partial charge is 0.504 e. The van der Waals surface area contributed by atoms with Gasteiger partial charge in [0.15, 0.2) is 11.5 Å². The molecule has 9 heavy (non-hydrogen) atoms. The van der Waals surface area contributed by atoms with E-state index in [0.717, 1.165) is 0 Å². The summed E-state index contributed by atoms with van der Waals surface area (Å²) in [5, 5.41) is 17.3. The summed E-state index contributed by atoms with van der Waals surface area (Å²) in [7, 11) is 0. The van der Waals surface area contributed by atoms with Crippen LogP contribution in [0.4, 0.5) is 0 Å². The molecule has 44 valence electrons. The molecule has 0 saturated carbocycles. The first kappa shape index (κ1) is 8.76. The molecule has 2 nitrogen and oxygen atoms in total. The molecule has 0 atom stereocenters. The Labute approximate surface area is 73.7 Å². The van der Waals surface area contributed by atoms with Crippen LogP contribution in [-0.2, 0) is 27.7 Å². The van der Waals surface area contributed by atoms with Crippen molar-refractivity contribution in [3.63, 3.8) is 0 Å². The molecule has 1 aromatic rings. The third-order valence-electron chi connectivity index (χ3n) is 0.882. The van der Waals surface area contributed by atoms with Gasteiger partial charge in [-0.1, -0.05) is 12.1 Å². The van der Waals surface area contributed by atoms with E-state index < -0.39 is 0 Å². The number of para-hydroxylation sites is 2. The Morgan fingerprint density at radius 2 is 1.22 bits per heavy atom. The van der Waals surface area contributed by atoms with Crippen molar-refractivity contribution in [1.82, 2.24) is 0 Å². The van der Waals surface area contributed by atoms with E-state index in [-0.39, 0.29) is 39.2 Å². The van der Waals surface area contributed by atoms with Crippen LogP contribution in [0.3, 0.4) is 0 Å². The van der Waals surface area contributed by atoms with E-state index >= 15 is 0 Å². The second kappa shape index (κ2) is 3.72. The summed E-state index contributed by atoms with van der Waals surface area (Å²) in [4.78, 5) is 0. The third-order valence-corrected chi connectivity index (χ3v) is 0.882. The quantitative estimate of drug-likeness (QED) is 0.556. The number of benzene rings is 1. The van der Waals surface area contributed by atoms with Crippen molar-refractivity contribution in [3.8, 4) is 11.5 Å². The molecule has 0 aliphatic heterocycles. The Kier molecular flexibility index (Phi) is 3.62. The molecular formula is C6H6HgO2. The summed E-state index contributed by atoms with van der Waals surface area (Å²) in [6.07, 6.45) is 0. The van der Waals surface area contributed by atoms with E-state index in [1.807, 2.05) is 0 Å². The molecule has 1 rings (SSSR count). The van der Waals surface area contributed by atoms with E-state index in [1.54, 1.807) is 12.1 Å². The number of rotatable bonds is 0. The molecule has 0 saturated heterocycles. The maximum atomic E-state index is 8.67. The fraction of sp³-hybridized carbons (Fsp3) is 0. The fourth-order valence-electron chi connectivity index (χ4n) is 0.464. The molecule has 0 aliphatic carbocycles. The predicted molar refractivity (Wildman–Crippen MR) is 29.8 cm³/mol. The van der Waals surface area contributed by atoms with E-state index in [4.69, 9.17) is 10.2 Å². The molecule has 0 aromatic heterocycles. The maximum absolute atomic E-state index is 8.67. The summed E-state index contributed by atoms with van der Waals surface area (Å²) < 4.78 is 0. The van der Waals surface area contributed by atoms with Crippen LogP contribution in [0.25, 0.3) is 0 Å². The first-order valence-corrected chi connectivity index (χ1v) is 2.27. The van der Waals surface area contributed by atoms with Crippen LogP contribution in [0.2, 0.25) is 0 Å². The van der Waals surface area contributed by atoms with Gasteiger partial charge in [0.1, 0.15) is 0 Å². The zero-order valence-electron chi connectivity index (χ0n) is 4.91. The Hall–Kier alpha value is -0.245. The smallest absolute Gasteiger partial charge is 0.157 e. The van der Waals surface area contributed by atoms with Gasteiger partial charge in [-0.25, -0.2) is 0 Å². The third kappa shape index (κ3) is 2.22. The summed E-state index contributed by atoms with van der Waals surface area (Å²) in [5.74, 6) is -0.153. The molecule has 0 spiro atoms. The molecule has 0 heterocycles. The molecule has 0 radical (unpaired) electrons. The van der Waals surface area contributed by atoms with Gasteiger partial charge in [-0.15, -0.1) is 0 Å². The zero-order chi connectivity index (χ0) is 5.98. The van der Waals surface area contributed by atoms with Gasteiger partial charge in [-0.2, -0.15) is 0 Å². The van der Waals surface area contributed by atoms with Crippen LogP contribution >= 0.6 is 0 Å². The summed E-state index contributed by atoms with van der Waals surface area (Å²) >= 11 is 0. The summed E-state index contributed by atoms with van der Waals surface area (Å²) in [6.45, 7) is 0. The second-order valence-corrected chi connectivity index (χ2v) is 1.49. The van der Waals surface area contributed by atoms with Gasteiger partial charge >= 0.3 is 0 Å². The standard InChI is InChI=1S/C6H6O2.Hg/c7-5-3-1-2-4-6(5)8;/h1-4,7-8H;. The van der Waals surface area contributed by atoms with Crippen molar-refractivity contribution in [1.29, 1.82) is 0 Å². The van der Waals surface area contributed by atoms with Crippen molar-refractivity contribution in [2.75, 3.05) is 0 Å². The van der Waals surface area contributed by atoms with Crippen molar-refractivity contribution in [2.45, 2.75) is 0 Å². The number of hydrogen-bond acceptors (Lipinski definition) is 2. The number of phenolic OH excluding ortho intramolecular Hbond substituents is 2. The Morgan fingerprint density at radius 1 is 0.889 bits per heavy atom. The molecule has 3 heteroatoms. The minimum absolute atomic E-state index is 0. The van der Waals surface area contributed by atoms with Crippen LogP contribution < -0.4 is 0 Å². The molecule has 0 aliphatic rings. The van der Waals surface area contributed by atoms with Crippen LogP contribution in [0.5, 0.6) is 11.5 Å². The first-order chi connectivity index (χ1) is 3.80. The zero-order valence-corrected chi connectivity index (χ0v) is 10.4. The molecule has 0 bridgehead atoms. The summed E-state index contributed by atoms with van der Waals surface area (Å²) in [5.41, 5.74) is 0. The molecule has 0 fully saturated rings. The average molecular weight is 311 g/mol. The topological polar surface area (TPSA) is 40.5 Å². The van der Waals surface area contributed by atoms with Gasteiger partial charge in [0, 0.05) is 27.7 Å². The minimum atomic E-state index is -0.0764. The normalized spacial score (nSPS) is 8.00. The monoisotopic (exact) mass is 312 g/mol. The van der Waals surface area contributed by atoms with Gasteiger partial charge in [0.2, 0.25) is 0 Å². The predicted octanol–water partition coefficient (Wildman–Crippen LogP) is 1.10. The Balaban J connectivity index is 0.000000640.